The first-order valence-electron chi connectivity index (χ1n) is 11.9. The number of benzene rings is 2. The Labute approximate surface area is 209 Å². The lowest BCUT2D eigenvalue weighted by molar-refractivity contribution is -0.0652. The molecule has 10 heteroatoms. The Kier molecular flexibility index (Phi) is 7.13. The maximum Gasteiger partial charge on any atom is 0.410 e. The van der Waals surface area contributed by atoms with Gasteiger partial charge in [-0.3, -0.25) is 0 Å². The van der Waals surface area contributed by atoms with E-state index in [9.17, 15) is 22.0 Å². The average Bonchev–Trinajstić information content (AvgIpc) is 2.72. The third-order valence-electron chi connectivity index (χ3n) is 6.73. The molecule has 5 rings (SSSR count). The highest BCUT2D eigenvalue weighted by Gasteiger charge is 2.54. The maximum atomic E-state index is 15.8. The number of amides is 1. The van der Waals surface area contributed by atoms with E-state index in [1.807, 2.05) is 0 Å². The fourth-order valence-corrected chi connectivity index (χ4v) is 6.03. The van der Waals surface area contributed by atoms with E-state index in [0.29, 0.717) is 18.4 Å². The monoisotopic (exact) mass is 524 g/mol. The number of carbonyl (C=O) groups excluding carboxylic acids is 1. The van der Waals surface area contributed by atoms with Crippen molar-refractivity contribution in [2.24, 2.45) is 5.92 Å². The lowest BCUT2D eigenvalue weighted by atomic mass is 9.67. The van der Waals surface area contributed by atoms with Crippen LogP contribution in [0.25, 0.3) is 11.1 Å². The van der Waals surface area contributed by atoms with Crippen molar-refractivity contribution >= 4 is 16.1 Å². The number of hydrogen-bond acceptors (Lipinski definition) is 4. The highest BCUT2D eigenvalue weighted by molar-refractivity contribution is 7.88. The summed E-state index contributed by atoms with van der Waals surface area (Å²) in [5.41, 5.74) is -0.239. The number of sulfonamides is 1. The van der Waals surface area contributed by atoms with Gasteiger partial charge in [0.25, 0.3) is 6.43 Å². The number of alkyl halides is 2. The van der Waals surface area contributed by atoms with Crippen molar-refractivity contribution in [2.75, 3.05) is 6.26 Å². The Bertz CT molecular complexity index is 1240. The van der Waals surface area contributed by atoms with Crippen LogP contribution in [0.5, 0.6) is 0 Å². The van der Waals surface area contributed by atoms with Crippen LogP contribution in [-0.2, 0) is 21.2 Å². The van der Waals surface area contributed by atoms with Gasteiger partial charge in [0, 0.05) is 23.2 Å². The molecule has 2 bridgehead atoms. The molecule has 3 aliphatic rings. The summed E-state index contributed by atoms with van der Waals surface area (Å²) in [7, 11) is -3.61. The van der Waals surface area contributed by atoms with Crippen molar-refractivity contribution in [3.63, 3.8) is 0 Å². The van der Waals surface area contributed by atoms with Crippen molar-refractivity contribution in [2.45, 2.75) is 70.2 Å². The number of halogens is 3. The Morgan fingerprint density at radius 2 is 1.83 bits per heavy atom. The van der Waals surface area contributed by atoms with E-state index < -0.39 is 46.0 Å². The van der Waals surface area contributed by atoms with E-state index in [0.717, 1.165) is 6.26 Å². The summed E-state index contributed by atoms with van der Waals surface area (Å²) in [5.74, 6) is -0.576. The fraction of sp³-hybridized carbons (Fsp3) is 0.500. The minimum Gasteiger partial charge on any atom is -0.444 e. The van der Waals surface area contributed by atoms with Crippen LogP contribution in [-0.4, -0.2) is 49.4 Å². The lowest BCUT2D eigenvalue weighted by Crippen LogP contribution is -2.70. The number of nitrogens with zero attached hydrogens (tertiary/aromatic N) is 1. The zero-order chi connectivity index (χ0) is 26.4. The van der Waals surface area contributed by atoms with Crippen molar-refractivity contribution in [1.82, 2.24) is 9.62 Å². The van der Waals surface area contributed by atoms with Gasteiger partial charge in [0.15, 0.2) is 0 Å². The van der Waals surface area contributed by atoms with Crippen molar-refractivity contribution < 1.29 is 31.1 Å². The number of piperidine rings is 2. The smallest absolute Gasteiger partial charge is 0.410 e. The number of hydrogen-bond donors (Lipinski definition) is 1. The summed E-state index contributed by atoms with van der Waals surface area (Å²) in [4.78, 5) is 14.8. The van der Waals surface area contributed by atoms with E-state index in [-0.39, 0.29) is 35.1 Å². The van der Waals surface area contributed by atoms with Crippen molar-refractivity contribution in [3.8, 4) is 11.1 Å². The molecule has 2 aromatic carbocycles. The van der Waals surface area contributed by atoms with Crippen molar-refractivity contribution in [1.29, 1.82) is 0 Å². The maximum absolute atomic E-state index is 15.8. The van der Waals surface area contributed by atoms with Crippen LogP contribution in [0.15, 0.2) is 42.5 Å². The Morgan fingerprint density at radius 3 is 2.44 bits per heavy atom. The number of ether oxygens (including phenoxy) is 1. The molecule has 0 unspecified atom stereocenters. The van der Waals surface area contributed by atoms with Gasteiger partial charge in [0.1, 0.15) is 11.4 Å². The van der Waals surface area contributed by atoms with Gasteiger partial charge in [0.2, 0.25) is 10.0 Å². The van der Waals surface area contributed by atoms with E-state index >= 15 is 4.39 Å². The molecule has 2 aromatic rings. The number of nitrogens with one attached hydrogen (secondary N) is 1. The molecule has 3 fully saturated rings. The van der Waals surface area contributed by atoms with Crippen LogP contribution in [0.1, 0.15) is 51.2 Å². The number of fused-ring (bicyclic) bond motifs is 2. The normalized spacial score (nSPS) is 23.9. The van der Waals surface area contributed by atoms with Crippen LogP contribution in [0.4, 0.5) is 18.0 Å². The van der Waals surface area contributed by atoms with Gasteiger partial charge in [-0.25, -0.2) is 31.1 Å². The molecule has 2 saturated heterocycles. The summed E-state index contributed by atoms with van der Waals surface area (Å²) < 4.78 is 74.8. The molecule has 6 nitrogen and oxygen atoms in total. The van der Waals surface area contributed by atoms with Crippen LogP contribution in [0.3, 0.4) is 0 Å². The third-order valence-corrected chi connectivity index (χ3v) is 7.43. The first-order valence-corrected chi connectivity index (χ1v) is 13.8. The minimum absolute atomic E-state index is 0.0161. The molecular formula is C26H31F3N2O4S. The van der Waals surface area contributed by atoms with Crippen LogP contribution in [0, 0.1) is 11.7 Å². The largest absolute Gasteiger partial charge is 0.444 e. The minimum atomic E-state index is -3.61. The fourth-order valence-electron chi connectivity index (χ4n) is 5.18. The first kappa shape index (κ1) is 26.5. The summed E-state index contributed by atoms with van der Waals surface area (Å²) in [6.07, 6.45) is -0.901. The van der Waals surface area contributed by atoms with E-state index in [2.05, 4.69) is 4.72 Å². The topological polar surface area (TPSA) is 75.7 Å². The molecule has 1 amide bonds. The molecule has 0 aromatic heterocycles. The zero-order valence-corrected chi connectivity index (χ0v) is 21.5. The number of rotatable bonds is 6. The van der Waals surface area contributed by atoms with E-state index in [1.165, 1.54) is 24.3 Å². The Hall–Kier alpha value is -2.59. The molecule has 2 atom stereocenters. The molecule has 1 N–H and O–H groups in total. The Morgan fingerprint density at radius 1 is 1.17 bits per heavy atom. The summed E-state index contributed by atoms with van der Waals surface area (Å²) in [6.45, 7) is 5.24. The molecular weight excluding hydrogens is 493 g/mol. The molecule has 2 heterocycles. The molecule has 196 valence electrons. The molecule has 1 aliphatic carbocycles. The van der Waals surface area contributed by atoms with Gasteiger partial charge in [-0.2, -0.15) is 0 Å². The molecule has 36 heavy (non-hydrogen) atoms. The summed E-state index contributed by atoms with van der Waals surface area (Å²) in [5, 5.41) is 0. The zero-order valence-electron chi connectivity index (χ0n) is 20.7. The standard InChI is InChI=1S/C26H31F3N2O4S/c1-26(2,3)35-25(32)31-19-12-18(13-19)23(30-36(4,33)34)21(31)14-16-8-6-10-20(22(16)27)15-7-5-9-17(11-15)24(28)29/h5-11,18-19,21,23-24,30H,12-14H2,1-4H3/t18?,19?,21-,23-/m0/s1. The molecule has 2 aliphatic heterocycles. The quantitative estimate of drug-likeness (QED) is 0.557. The van der Waals surface area contributed by atoms with Crippen LogP contribution in [0.2, 0.25) is 0 Å². The van der Waals surface area contributed by atoms with Gasteiger partial charge in [0.05, 0.1) is 12.3 Å². The molecule has 0 radical (unpaired) electrons. The van der Waals surface area contributed by atoms with Crippen LogP contribution >= 0.6 is 0 Å². The molecule has 1 saturated carbocycles. The highest BCUT2D eigenvalue weighted by atomic mass is 32.2. The predicted octanol–water partition coefficient (Wildman–Crippen LogP) is 5.29. The second-order valence-electron chi connectivity index (χ2n) is 10.7. The number of carbonyl (C=O) groups is 1. The predicted molar refractivity (Wildman–Crippen MR) is 131 cm³/mol. The van der Waals surface area contributed by atoms with Gasteiger partial charge in [-0.05, 0) is 63.1 Å². The summed E-state index contributed by atoms with van der Waals surface area (Å²) >= 11 is 0. The van der Waals surface area contributed by atoms with E-state index in [1.54, 1.807) is 43.9 Å². The lowest BCUT2D eigenvalue weighted by Gasteiger charge is -2.57. The average molecular weight is 525 g/mol. The molecule has 0 spiro atoms. The van der Waals surface area contributed by atoms with Gasteiger partial charge in [-0.15, -0.1) is 0 Å². The first-order chi connectivity index (χ1) is 16.7. The van der Waals surface area contributed by atoms with Gasteiger partial charge < -0.3 is 9.64 Å². The summed E-state index contributed by atoms with van der Waals surface area (Å²) in [6, 6.07) is 8.85. The van der Waals surface area contributed by atoms with E-state index in [4.69, 9.17) is 4.74 Å². The highest BCUT2D eigenvalue weighted by Crippen LogP contribution is 2.45. The van der Waals surface area contributed by atoms with Gasteiger partial charge >= 0.3 is 6.09 Å². The third kappa shape index (κ3) is 5.70. The van der Waals surface area contributed by atoms with Crippen molar-refractivity contribution in [3.05, 3.63) is 59.4 Å². The Balaban J connectivity index is 1.71. The second-order valence-corrected chi connectivity index (χ2v) is 12.4. The SMILES string of the molecule is CC(C)(C)OC(=O)N1C2CC(C2)[C@H](NS(C)(=O)=O)[C@@H]1Cc1cccc(-c2cccc(C(F)F)c2)c1F. The van der Waals surface area contributed by atoms with Gasteiger partial charge in [-0.1, -0.05) is 36.4 Å². The van der Waals surface area contributed by atoms with Crippen LogP contribution < -0.4 is 4.72 Å². The second kappa shape index (κ2) is 9.70.